The zero-order valence-electron chi connectivity index (χ0n) is 16.0. The maximum atomic E-state index is 12.4. The molecule has 0 radical (unpaired) electrons. The second-order valence-corrected chi connectivity index (χ2v) is 7.67. The van der Waals surface area contributed by atoms with Crippen LogP contribution in [0.4, 0.5) is 4.79 Å². The van der Waals surface area contributed by atoms with Crippen molar-refractivity contribution in [2.24, 2.45) is 0 Å². The van der Waals surface area contributed by atoms with E-state index in [1.165, 1.54) is 5.56 Å². The lowest BCUT2D eigenvalue weighted by molar-refractivity contribution is 0.0468. The van der Waals surface area contributed by atoms with Gasteiger partial charge in [-0.25, -0.2) is 4.79 Å². The summed E-state index contributed by atoms with van der Waals surface area (Å²) in [6.07, 6.45) is 1.92. The molecule has 2 rings (SSSR count). The molecule has 2 N–H and O–H groups in total. The molecule has 1 aliphatic rings. The predicted octanol–water partition coefficient (Wildman–Crippen LogP) is 3.01. The Hall–Kier alpha value is -1.59. The molecule has 5 heteroatoms. The fourth-order valence-electron chi connectivity index (χ4n) is 3.43. The van der Waals surface area contributed by atoms with Crippen molar-refractivity contribution >= 4 is 6.03 Å². The number of nitrogens with one attached hydrogen (secondary N) is 1. The Morgan fingerprint density at radius 3 is 2.44 bits per heavy atom. The number of aliphatic hydroxyl groups is 1. The second kappa shape index (κ2) is 8.68. The van der Waals surface area contributed by atoms with Crippen LogP contribution in [0.3, 0.4) is 0 Å². The standard InChI is InChI=1S/C20H33N3O2/c1-5-22(15-20(3,4)25)19(24)21-18-11-13-23(14-12-18)16(2)17-9-7-6-8-10-17/h6-10,16,18,25H,5,11-15H2,1-4H3,(H,21,24). The maximum absolute atomic E-state index is 12.4. The Kier molecular flexibility index (Phi) is 6.85. The monoisotopic (exact) mass is 347 g/mol. The number of urea groups is 1. The number of benzene rings is 1. The normalized spacial score (nSPS) is 18.0. The smallest absolute Gasteiger partial charge is 0.317 e. The number of hydrogen-bond donors (Lipinski definition) is 2. The highest BCUT2D eigenvalue weighted by Crippen LogP contribution is 2.24. The minimum absolute atomic E-state index is 0.0702. The number of likely N-dealkylation sites (N-methyl/N-ethyl adjacent to an activating group) is 1. The van der Waals surface area contributed by atoms with Crippen LogP contribution in [0, 0.1) is 0 Å². The van der Waals surface area contributed by atoms with Gasteiger partial charge < -0.3 is 15.3 Å². The van der Waals surface area contributed by atoms with Crippen molar-refractivity contribution in [1.82, 2.24) is 15.1 Å². The summed E-state index contributed by atoms with van der Waals surface area (Å²) in [4.78, 5) is 16.6. The number of hydrogen-bond acceptors (Lipinski definition) is 3. The van der Waals surface area contributed by atoms with E-state index in [1.807, 2.05) is 13.0 Å². The minimum atomic E-state index is -0.873. The van der Waals surface area contributed by atoms with Crippen molar-refractivity contribution in [1.29, 1.82) is 0 Å². The van der Waals surface area contributed by atoms with E-state index in [-0.39, 0.29) is 12.1 Å². The van der Waals surface area contributed by atoms with E-state index in [2.05, 4.69) is 41.4 Å². The molecule has 0 saturated carbocycles. The van der Waals surface area contributed by atoms with Gasteiger partial charge in [0, 0.05) is 31.7 Å². The van der Waals surface area contributed by atoms with E-state index in [0.717, 1.165) is 25.9 Å². The lowest BCUT2D eigenvalue weighted by Gasteiger charge is -2.37. The molecule has 0 aliphatic carbocycles. The first-order valence-corrected chi connectivity index (χ1v) is 9.37. The molecule has 140 valence electrons. The summed E-state index contributed by atoms with van der Waals surface area (Å²) in [5.41, 5.74) is 0.467. The first-order valence-electron chi connectivity index (χ1n) is 9.37. The minimum Gasteiger partial charge on any atom is -0.389 e. The van der Waals surface area contributed by atoms with Gasteiger partial charge in [-0.05, 0) is 46.1 Å². The lowest BCUT2D eigenvalue weighted by atomic mass is 10.0. The Morgan fingerprint density at radius 2 is 1.92 bits per heavy atom. The number of piperidine rings is 1. The maximum Gasteiger partial charge on any atom is 0.317 e. The summed E-state index contributed by atoms with van der Waals surface area (Å²) >= 11 is 0. The Morgan fingerprint density at radius 1 is 1.32 bits per heavy atom. The average Bonchev–Trinajstić information content (AvgIpc) is 2.59. The van der Waals surface area contributed by atoms with Crippen LogP contribution < -0.4 is 5.32 Å². The van der Waals surface area contributed by atoms with Crippen LogP contribution in [-0.4, -0.2) is 58.8 Å². The van der Waals surface area contributed by atoms with Gasteiger partial charge in [-0.2, -0.15) is 0 Å². The number of carbonyl (C=O) groups is 1. The Labute approximate surface area is 152 Å². The molecular formula is C20H33N3O2. The molecule has 1 aliphatic heterocycles. The van der Waals surface area contributed by atoms with Gasteiger partial charge in [0.25, 0.3) is 0 Å². The third-order valence-corrected chi connectivity index (χ3v) is 4.93. The van der Waals surface area contributed by atoms with Crippen molar-refractivity contribution in [3.8, 4) is 0 Å². The van der Waals surface area contributed by atoms with Crippen LogP contribution in [0.1, 0.15) is 52.1 Å². The SMILES string of the molecule is CCN(CC(C)(C)O)C(=O)NC1CCN(C(C)c2ccccc2)CC1. The quantitative estimate of drug-likeness (QED) is 0.832. The van der Waals surface area contributed by atoms with Crippen molar-refractivity contribution in [3.05, 3.63) is 35.9 Å². The molecule has 1 heterocycles. The van der Waals surface area contributed by atoms with E-state index >= 15 is 0 Å². The van der Waals surface area contributed by atoms with Gasteiger partial charge in [-0.1, -0.05) is 30.3 Å². The Balaban J connectivity index is 1.82. The average molecular weight is 348 g/mol. The van der Waals surface area contributed by atoms with Gasteiger partial charge in [0.05, 0.1) is 12.1 Å². The molecular weight excluding hydrogens is 314 g/mol. The third kappa shape index (κ3) is 6.01. The van der Waals surface area contributed by atoms with Gasteiger partial charge in [0.15, 0.2) is 0 Å². The second-order valence-electron chi connectivity index (χ2n) is 7.67. The first kappa shape index (κ1) is 19.7. The number of carbonyl (C=O) groups excluding carboxylic acids is 1. The van der Waals surface area contributed by atoms with Crippen LogP contribution in [-0.2, 0) is 0 Å². The van der Waals surface area contributed by atoms with Crippen LogP contribution in [0.5, 0.6) is 0 Å². The largest absolute Gasteiger partial charge is 0.389 e. The first-order chi connectivity index (χ1) is 11.8. The molecule has 1 aromatic carbocycles. The summed E-state index contributed by atoms with van der Waals surface area (Å²) in [6, 6.07) is 11.1. The summed E-state index contributed by atoms with van der Waals surface area (Å²) in [5.74, 6) is 0. The molecule has 1 aromatic rings. The van der Waals surface area contributed by atoms with E-state index in [1.54, 1.807) is 18.7 Å². The Bertz CT molecular complexity index is 534. The van der Waals surface area contributed by atoms with Crippen LogP contribution in [0.2, 0.25) is 0 Å². The van der Waals surface area contributed by atoms with E-state index in [4.69, 9.17) is 0 Å². The number of rotatable bonds is 6. The summed E-state index contributed by atoms with van der Waals surface area (Å²) < 4.78 is 0. The van der Waals surface area contributed by atoms with Crippen molar-refractivity contribution in [2.45, 2.75) is 58.2 Å². The van der Waals surface area contributed by atoms with Crippen molar-refractivity contribution < 1.29 is 9.90 Å². The van der Waals surface area contributed by atoms with Gasteiger partial charge in [0.2, 0.25) is 0 Å². The summed E-state index contributed by atoms with van der Waals surface area (Å²) in [5, 5.41) is 13.1. The van der Waals surface area contributed by atoms with Gasteiger partial charge in [0.1, 0.15) is 0 Å². The molecule has 1 unspecified atom stereocenters. The highest BCUT2D eigenvalue weighted by Gasteiger charge is 2.27. The summed E-state index contributed by atoms with van der Waals surface area (Å²) in [6.45, 7) is 10.6. The molecule has 25 heavy (non-hydrogen) atoms. The molecule has 1 atom stereocenters. The fourth-order valence-corrected chi connectivity index (χ4v) is 3.43. The highest BCUT2D eigenvalue weighted by molar-refractivity contribution is 5.74. The zero-order valence-corrected chi connectivity index (χ0v) is 16.0. The molecule has 2 amide bonds. The molecule has 1 fully saturated rings. The van der Waals surface area contributed by atoms with Crippen LogP contribution in [0.15, 0.2) is 30.3 Å². The fraction of sp³-hybridized carbons (Fsp3) is 0.650. The van der Waals surface area contributed by atoms with E-state index < -0.39 is 5.60 Å². The van der Waals surface area contributed by atoms with Crippen LogP contribution in [0.25, 0.3) is 0 Å². The highest BCUT2D eigenvalue weighted by atomic mass is 16.3. The molecule has 0 spiro atoms. The molecule has 0 aromatic heterocycles. The summed E-state index contributed by atoms with van der Waals surface area (Å²) in [7, 11) is 0. The van der Waals surface area contributed by atoms with Crippen molar-refractivity contribution in [2.75, 3.05) is 26.2 Å². The third-order valence-electron chi connectivity index (χ3n) is 4.93. The van der Waals surface area contributed by atoms with Gasteiger partial charge in [-0.15, -0.1) is 0 Å². The number of nitrogens with zero attached hydrogens (tertiary/aromatic N) is 2. The van der Waals surface area contributed by atoms with Gasteiger partial charge in [-0.3, -0.25) is 4.90 Å². The van der Waals surface area contributed by atoms with Crippen molar-refractivity contribution in [3.63, 3.8) is 0 Å². The number of likely N-dealkylation sites (tertiary alicyclic amines) is 1. The van der Waals surface area contributed by atoms with Gasteiger partial charge >= 0.3 is 6.03 Å². The van der Waals surface area contributed by atoms with Crippen LogP contribution >= 0.6 is 0 Å². The zero-order chi connectivity index (χ0) is 18.4. The molecule has 1 saturated heterocycles. The van der Waals surface area contributed by atoms with E-state index in [9.17, 15) is 9.90 Å². The molecule has 0 bridgehead atoms. The number of amides is 2. The predicted molar refractivity (Wildman–Crippen MR) is 102 cm³/mol. The molecule has 5 nitrogen and oxygen atoms in total. The topological polar surface area (TPSA) is 55.8 Å². The van der Waals surface area contributed by atoms with E-state index in [0.29, 0.717) is 19.1 Å². The lowest BCUT2D eigenvalue weighted by Crippen LogP contribution is -2.52.